The molecule has 0 aliphatic rings. The van der Waals surface area contributed by atoms with E-state index in [1.54, 1.807) is 0 Å². The highest BCUT2D eigenvalue weighted by molar-refractivity contribution is 5.34. The lowest BCUT2D eigenvalue weighted by Crippen LogP contribution is -2.30. The maximum atomic E-state index is 6.14. The zero-order chi connectivity index (χ0) is 25.9. The Balaban J connectivity index is 2.24. The second-order valence-corrected chi connectivity index (χ2v) is 12.4. The molecule has 0 aromatic heterocycles. The summed E-state index contributed by atoms with van der Waals surface area (Å²) in [7, 11) is 0. The van der Waals surface area contributed by atoms with E-state index in [-0.39, 0.29) is 10.8 Å². The van der Waals surface area contributed by atoms with Crippen molar-refractivity contribution in [3.05, 3.63) is 95.1 Å². The third-order valence-electron chi connectivity index (χ3n) is 6.62. The highest BCUT2D eigenvalue weighted by Gasteiger charge is 2.32. The van der Waals surface area contributed by atoms with Gasteiger partial charge in [0.1, 0.15) is 11.2 Å². The van der Waals surface area contributed by atoms with Crippen molar-refractivity contribution in [3.63, 3.8) is 0 Å². The van der Waals surface area contributed by atoms with Crippen molar-refractivity contribution in [2.45, 2.75) is 104 Å². The predicted octanol–water partition coefficient (Wildman–Crippen LogP) is 9.29. The van der Waals surface area contributed by atoms with Crippen LogP contribution < -0.4 is 0 Å². The third-order valence-corrected chi connectivity index (χ3v) is 6.62. The molecule has 2 rings (SSSR count). The molecule has 0 amide bonds. The zero-order valence-corrected chi connectivity index (χ0v) is 23.3. The molecule has 0 spiro atoms. The topological polar surface area (TPSA) is 18.5 Å². The van der Waals surface area contributed by atoms with E-state index in [0.717, 1.165) is 24.0 Å². The Kier molecular flexibility index (Phi) is 8.44. The van der Waals surface area contributed by atoms with Gasteiger partial charge in [-0.05, 0) is 87.5 Å². The van der Waals surface area contributed by atoms with Gasteiger partial charge < -0.3 is 0 Å². The molecule has 34 heavy (non-hydrogen) atoms. The standard InChI is InChI=1S/C32H46O2/c1-23(2)21-29(5,6)25-15-13-17-27(19-25)31(9,10)33-34-32(11,12)28-18-14-16-26(20-28)30(7,8)22-24(3)4/h13-20H,1,3,21-22H2,2,4-12H3. The average Bonchev–Trinajstić information content (AvgIpc) is 2.71. The van der Waals surface area contributed by atoms with E-state index in [4.69, 9.17) is 9.78 Å². The SMILES string of the molecule is C=C(C)CC(C)(C)c1cccc(C(C)(C)OOC(C)(C)c2cccc(C(C)(C)CC(=C)C)c2)c1. The number of allylic oxidation sites excluding steroid dienone is 2. The summed E-state index contributed by atoms with van der Waals surface area (Å²) in [6.07, 6.45) is 1.89. The molecule has 186 valence electrons. The molecular formula is C32H46O2. The summed E-state index contributed by atoms with van der Waals surface area (Å²) in [5.74, 6) is 0. The van der Waals surface area contributed by atoms with E-state index in [1.165, 1.54) is 22.3 Å². The quantitative estimate of drug-likeness (QED) is 0.188. The molecule has 2 aromatic carbocycles. The van der Waals surface area contributed by atoms with Crippen LogP contribution >= 0.6 is 0 Å². The van der Waals surface area contributed by atoms with Crippen molar-refractivity contribution in [3.8, 4) is 0 Å². The molecule has 0 aliphatic heterocycles. The fourth-order valence-corrected chi connectivity index (χ4v) is 4.65. The van der Waals surface area contributed by atoms with E-state index >= 15 is 0 Å². The van der Waals surface area contributed by atoms with Gasteiger partial charge in [-0.1, -0.05) is 87.4 Å². The van der Waals surface area contributed by atoms with Crippen molar-refractivity contribution in [2.24, 2.45) is 0 Å². The fourth-order valence-electron chi connectivity index (χ4n) is 4.65. The van der Waals surface area contributed by atoms with Crippen molar-refractivity contribution in [2.75, 3.05) is 0 Å². The molecule has 0 aliphatic carbocycles. The van der Waals surface area contributed by atoms with Crippen molar-refractivity contribution in [1.82, 2.24) is 0 Å². The molecule has 0 heterocycles. The Morgan fingerprint density at radius 2 is 0.882 bits per heavy atom. The van der Waals surface area contributed by atoms with Gasteiger partial charge in [-0.2, -0.15) is 0 Å². The van der Waals surface area contributed by atoms with Crippen LogP contribution in [0.3, 0.4) is 0 Å². The van der Waals surface area contributed by atoms with Crippen LogP contribution in [-0.4, -0.2) is 0 Å². The van der Waals surface area contributed by atoms with Gasteiger partial charge in [0, 0.05) is 0 Å². The van der Waals surface area contributed by atoms with Crippen LogP contribution in [0.5, 0.6) is 0 Å². The minimum absolute atomic E-state index is 0.00901. The minimum atomic E-state index is -0.608. The summed E-state index contributed by atoms with van der Waals surface area (Å²) >= 11 is 0. The normalized spacial score (nSPS) is 13.1. The van der Waals surface area contributed by atoms with Gasteiger partial charge in [-0.3, -0.25) is 0 Å². The summed E-state index contributed by atoms with van der Waals surface area (Å²) in [4.78, 5) is 12.3. The van der Waals surface area contributed by atoms with Crippen LogP contribution in [-0.2, 0) is 31.8 Å². The molecule has 0 N–H and O–H groups in total. The first-order chi connectivity index (χ1) is 15.5. The van der Waals surface area contributed by atoms with Crippen molar-refractivity contribution in [1.29, 1.82) is 0 Å². The maximum Gasteiger partial charge on any atom is 0.123 e. The number of hydrogen-bond donors (Lipinski definition) is 0. The molecule has 0 saturated carbocycles. The van der Waals surface area contributed by atoms with Crippen LogP contribution in [0.4, 0.5) is 0 Å². The molecule has 2 aromatic rings. The number of benzene rings is 2. The summed E-state index contributed by atoms with van der Waals surface area (Å²) in [6.45, 7) is 29.7. The Morgan fingerprint density at radius 3 is 1.18 bits per heavy atom. The predicted molar refractivity (Wildman–Crippen MR) is 146 cm³/mol. The zero-order valence-electron chi connectivity index (χ0n) is 23.3. The summed E-state index contributed by atoms with van der Waals surface area (Å²) in [5, 5.41) is 0. The van der Waals surface area contributed by atoms with Gasteiger partial charge in [0.15, 0.2) is 0 Å². The molecule has 0 atom stereocenters. The largest absolute Gasteiger partial charge is 0.225 e. The molecule has 2 heteroatoms. The Bertz CT molecular complexity index is 937. The van der Waals surface area contributed by atoms with Crippen molar-refractivity contribution < 1.29 is 9.78 Å². The smallest absolute Gasteiger partial charge is 0.123 e. The molecule has 0 radical (unpaired) electrons. The first-order valence-electron chi connectivity index (χ1n) is 12.3. The molecule has 0 bridgehead atoms. The first kappa shape index (κ1) is 28.1. The van der Waals surface area contributed by atoms with Gasteiger partial charge in [0.2, 0.25) is 0 Å². The molecular weight excluding hydrogens is 416 g/mol. The van der Waals surface area contributed by atoms with Crippen molar-refractivity contribution >= 4 is 0 Å². The average molecular weight is 463 g/mol. The monoisotopic (exact) mass is 462 g/mol. The van der Waals surface area contributed by atoms with Gasteiger partial charge in [0.25, 0.3) is 0 Å². The number of hydrogen-bond acceptors (Lipinski definition) is 2. The minimum Gasteiger partial charge on any atom is -0.225 e. The van der Waals surface area contributed by atoms with Crippen LogP contribution in [0.1, 0.15) is 104 Å². The van der Waals surface area contributed by atoms with Gasteiger partial charge >= 0.3 is 0 Å². The van der Waals surface area contributed by atoms with E-state index in [9.17, 15) is 0 Å². The summed E-state index contributed by atoms with van der Waals surface area (Å²) < 4.78 is 0. The molecule has 2 nitrogen and oxygen atoms in total. The lowest BCUT2D eigenvalue weighted by molar-refractivity contribution is -0.410. The third kappa shape index (κ3) is 7.17. The van der Waals surface area contributed by atoms with Crippen LogP contribution in [0.15, 0.2) is 72.8 Å². The van der Waals surface area contributed by atoms with Crippen LogP contribution in [0, 0.1) is 0 Å². The number of rotatable bonds is 11. The highest BCUT2D eigenvalue weighted by Crippen LogP contribution is 2.37. The lowest BCUT2D eigenvalue weighted by Gasteiger charge is -2.33. The second-order valence-electron chi connectivity index (χ2n) is 12.4. The highest BCUT2D eigenvalue weighted by atomic mass is 17.2. The molecule has 0 fully saturated rings. The van der Waals surface area contributed by atoms with Crippen LogP contribution in [0.25, 0.3) is 0 Å². The van der Waals surface area contributed by atoms with E-state index in [2.05, 4.69) is 131 Å². The van der Waals surface area contributed by atoms with E-state index < -0.39 is 11.2 Å². The van der Waals surface area contributed by atoms with Crippen LogP contribution in [0.2, 0.25) is 0 Å². The summed E-state index contributed by atoms with van der Waals surface area (Å²) in [5.41, 5.74) is 5.90. The maximum absolute atomic E-state index is 6.14. The fraction of sp³-hybridized carbons (Fsp3) is 0.500. The van der Waals surface area contributed by atoms with E-state index in [1.807, 2.05) is 0 Å². The lowest BCUT2D eigenvalue weighted by atomic mass is 9.78. The van der Waals surface area contributed by atoms with Gasteiger partial charge in [-0.15, -0.1) is 13.2 Å². The van der Waals surface area contributed by atoms with Gasteiger partial charge in [-0.25, -0.2) is 9.78 Å². The molecule has 0 unspecified atom stereocenters. The van der Waals surface area contributed by atoms with E-state index in [0.29, 0.717) is 0 Å². The summed E-state index contributed by atoms with van der Waals surface area (Å²) in [6, 6.07) is 17.3. The van der Waals surface area contributed by atoms with Gasteiger partial charge in [0.05, 0.1) is 0 Å². The Morgan fingerprint density at radius 1 is 0.588 bits per heavy atom. The Hall–Kier alpha value is -2.16. The second kappa shape index (κ2) is 10.2. The Labute approximate surface area is 209 Å². The first-order valence-corrected chi connectivity index (χ1v) is 12.3. The molecule has 0 saturated heterocycles.